The lowest BCUT2D eigenvalue weighted by molar-refractivity contribution is -0.323. The van der Waals surface area contributed by atoms with Crippen LogP contribution < -0.4 is 0 Å². The van der Waals surface area contributed by atoms with Gasteiger partial charge in [0.2, 0.25) is 0 Å². The molecule has 0 aromatic heterocycles. The van der Waals surface area contributed by atoms with Gasteiger partial charge in [-0.15, -0.1) is 0 Å². The van der Waals surface area contributed by atoms with Gasteiger partial charge in [-0.2, -0.15) is 0 Å². The fourth-order valence-electron chi connectivity index (χ4n) is 2.31. The molecule has 88 valence electrons. The predicted molar refractivity (Wildman–Crippen MR) is 54.4 cm³/mol. The van der Waals surface area contributed by atoms with E-state index in [1.807, 2.05) is 0 Å². The van der Waals surface area contributed by atoms with E-state index in [0.717, 1.165) is 19.3 Å². The number of rotatable bonds is 3. The average Bonchev–Trinajstić information content (AvgIpc) is 2.29. The van der Waals surface area contributed by atoms with Gasteiger partial charge in [0.1, 0.15) is 25.8 Å². The summed E-state index contributed by atoms with van der Waals surface area (Å²) in [4.78, 5) is 0. The van der Waals surface area contributed by atoms with E-state index in [-0.39, 0.29) is 24.4 Å². The van der Waals surface area contributed by atoms with Crippen LogP contribution in [0.25, 0.3) is 0 Å². The minimum Gasteiger partial charge on any atom is -0.349 e. The van der Waals surface area contributed by atoms with Gasteiger partial charge in [-0.05, 0) is 12.8 Å². The van der Waals surface area contributed by atoms with E-state index in [1.165, 1.54) is 0 Å². The van der Waals surface area contributed by atoms with Crippen LogP contribution in [0.15, 0.2) is 0 Å². The zero-order valence-electron chi connectivity index (χ0n) is 9.48. The van der Waals surface area contributed by atoms with Crippen LogP contribution in [-0.4, -0.2) is 38.0 Å². The van der Waals surface area contributed by atoms with Gasteiger partial charge in [-0.3, -0.25) is 0 Å². The summed E-state index contributed by atoms with van der Waals surface area (Å²) >= 11 is 0. The summed E-state index contributed by atoms with van der Waals surface area (Å²) in [6.45, 7) is 5.01. The van der Waals surface area contributed by atoms with Crippen molar-refractivity contribution in [1.29, 1.82) is 0 Å². The largest absolute Gasteiger partial charge is 0.349 e. The fourth-order valence-corrected chi connectivity index (χ4v) is 2.31. The van der Waals surface area contributed by atoms with Gasteiger partial charge in [-0.25, -0.2) is 0 Å². The average molecular weight is 216 g/mol. The van der Waals surface area contributed by atoms with Gasteiger partial charge in [-0.1, -0.05) is 20.3 Å². The molecule has 2 rings (SSSR count). The van der Waals surface area contributed by atoms with Crippen LogP contribution in [0.5, 0.6) is 0 Å². The Labute approximate surface area is 90.8 Å². The molecule has 4 atom stereocenters. The monoisotopic (exact) mass is 216 g/mol. The number of hydrogen-bond donors (Lipinski definition) is 0. The van der Waals surface area contributed by atoms with Gasteiger partial charge in [0.25, 0.3) is 0 Å². The SMILES string of the molecule is CCCC1OCOC2C1OCO[C@@H]2CC. The Balaban J connectivity index is 2.01. The minimum absolute atomic E-state index is 0.0500. The molecule has 3 unspecified atom stereocenters. The zero-order valence-corrected chi connectivity index (χ0v) is 9.48. The molecule has 4 nitrogen and oxygen atoms in total. The Kier molecular flexibility index (Phi) is 3.97. The molecule has 0 N–H and O–H groups in total. The van der Waals surface area contributed by atoms with Crippen molar-refractivity contribution in [3.63, 3.8) is 0 Å². The van der Waals surface area contributed by atoms with Gasteiger partial charge in [0.15, 0.2) is 0 Å². The van der Waals surface area contributed by atoms with Crippen molar-refractivity contribution in [1.82, 2.24) is 0 Å². The maximum Gasteiger partial charge on any atom is 0.147 e. The Morgan fingerprint density at radius 1 is 0.867 bits per heavy atom. The first-order chi connectivity index (χ1) is 7.36. The maximum atomic E-state index is 5.61. The second-order valence-electron chi connectivity index (χ2n) is 4.11. The van der Waals surface area contributed by atoms with Gasteiger partial charge in [0.05, 0.1) is 12.2 Å². The highest BCUT2D eigenvalue weighted by Crippen LogP contribution is 2.28. The maximum absolute atomic E-state index is 5.61. The number of fused-ring (bicyclic) bond motifs is 1. The summed E-state index contributed by atoms with van der Waals surface area (Å²) in [5.41, 5.74) is 0. The Hall–Kier alpha value is -0.160. The van der Waals surface area contributed by atoms with Crippen LogP contribution in [0, 0.1) is 0 Å². The molecule has 0 aromatic rings. The third-order valence-corrected chi connectivity index (χ3v) is 3.12. The summed E-state index contributed by atoms with van der Waals surface area (Å²) in [6.07, 6.45) is 3.53. The first-order valence-corrected chi connectivity index (χ1v) is 5.83. The van der Waals surface area contributed by atoms with Crippen molar-refractivity contribution >= 4 is 0 Å². The zero-order chi connectivity index (χ0) is 10.7. The predicted octanol–water partition coefficient (Wildman–Crippen LogP) is 1.68. The lowest BCUT2D eigenvalue weighted by atomic mass is 9.96. The quantitative estimate of drug-likeness (QED) is 0.719. The van der Waals surface area contributed by atoms with Crippen LogP contribution in [-0.2, 0) is 18.9 Å². The van der Waals surface area contributed by atoms with E-state index in [9.17, 15) is 0 Å². The molecule has 0 saturated carbocycles. The van der Waals surface area contributed by atoms with Crippen LogP contribution >= 0.6 is 0 Å². The third kappa shape index (κ3) is 2.33. The van der Waals surface area contributed by atoms with Crippen molar-refractivity contribution in [2.45, 2.75) is 57.5 Å². The van der Waals surface area contributed by atoms with Gasteiger partial charge < -0.3 is 18.9 Å². The van der Waals surface area contributed by atoms with E-state index < -0.39 is 0 Å². The normalized spacial score (nSPS) is 41.2. The van der Waals surface area contributed by atoms with Gasteiger partial charge in [0, 0.05) is 0 Å². The second kappa shape index (κ2) is 5.25. The molecule has 2 heterocycles. The van der Waals surface area contributed by atoms with Crippen LogP contribution in [0.1, 0.15) is 33.1 Å². The van der Waals surface area contributed by atoms with Gasteiger partial charge >= 0.3 is 0 Å². The Morgan fingerprint density at radius 3 is 2.07 bits per heavy atom. The highest BCUT2D eigenvalue weighted by Gasteiger charge is 2.42. The highest BCUT2D eigenvalue weighted by atomic mass is 16.8. The lowest BCUT2D eigenvalue weighted by Gasteiger charge is -2.44. The molecule has 4 heteroatoms. The summed E-state index contributed by atoms with van der Waals surface area (Å²) in [7, 11) is 0. The Morgan fingerprint density at radius 2 is 1.47 bits per heavy atom. The molecule has 0 bridgehead atoms. The van der Waals surface area contributed by atoms with E-state index in [2.05, 4.69) is 13.8 Å². The Bertz CT molecular complexity index is 195. The number of ether oxygens (including phenoxy) is 4. The first kappa shape index (κ1) is 11.3. The summed E-state index contributed by atoms with van der Waals surface area (Å²) in [6, 6.07) is 0. The topological polar surface area (TPSA) is 36.9 Å². The highest BCUT2D eigenvalue weighted by molar-refractivity contribution is 4.88. The van der Waals surface area contributed by atoms with Crippen molar-refractivity contribution in [2.75, 3.05) is 13.6 Å². The molecule has 0 spiro atoms. The van der Waals surface area contributed by atoms with E-state index in [0.29, 0.717) is 13.6 Å². The number of hydrogen-bond acceptors (Lipinski definition) is 4. The smallest absolute Gasteiger partial charge is 0.147 e. The molecule has 15 heavy (non-hydrogen) atoms. The van der Waals surface area contributed by atoms with Crippen LogP contribution in [0.4, 0.5) is 0 Å². The molecule has 2 aliphatic heterocycles. The molecule has 2 aliphatic rings. The van der Waals surface area contributed by atoms with Crippen molar-refractivity contribution < 1.29 is 18.9 Å². The summed E-state index contributed by atoms with van der Waals surface area (Å²) in [5.74, 6) is 0. The van der Waals surface area contributed by atoms with Crippen molar-refractivity contribution in [3.05, 3.63) is 0 Å². The minimum atomic E-state index is 0.0500. The molecule has 0 amide bonds. The molecular formula is C11H20O4. The van der Waals surface area contributed by atoms with Crippen molar-refractivity contribution in [3.8, 4) is 0 Å². The molecule has 0 radical (unpaired) electrons. The fraction of sp³-hybridized carbons (Fsp3) is 1.00. The summed E-state index contributed by atoms with van der Waals surface area (Å²) in [5, 5.41) is 0. The molecule has 0 aliphatic carbocycles. The molecule has 2 saturated heterocycles. The van der Waals surface area contributed by atoms with E-state index in [4.69, 9.17) is 18.9 Å². The van der Waals surface area contributed by atoms with E-state index >= 15 is 0 Å². The molecule has 0 aromatic carbocycles. The first-order valence-electron chi connectivity index (χ1n) is 5.83. The van der Waals surface area contributed by atoms with Crippen molar-refractivity contribution in [2.24, 2.45) is 0 Å². The molecule has 2 fully saturated rings. The standard InChI is InChI=1S/C11H20O4/c1-3-5-9-11-10(14-7-13-9)8(4-2)12-6-15-11/h8-11H,3-7H2,1-2H3/t8-,9?,10?,11?/m1/s1. The molecular weight excluding hydrogens is 196 g/mol. The van der Waals surface area contributed by atoms with E-state index in [1.54, 1.807) is 0 Å². The lowest BCUT2D eigenvalue weighted by Crippen LogP contribution is -2.56. The van der Waals surface area contributed by atoms with Crippen LogP contribution in [0.2, 0.25) is 0 Å². The second-order valence-corrected chi connectivity index (χ2v) is 4.11. The third-order valence-electron chi connectivity index (χ3n) is 3.12. The van der Waals surface area contributed by atoms with Crippen LogP contribution in [0.3, 0.4) is 0 Å². The summed E-state index contributed by atoms with van der Waals surface area (Å²) < 4.78 is 22.3.